The maximum Gasteiger partial charge on any atom is 0.257 e. The molecule has 1 atom stereocenters. The fourth-order valence-corrected chi connectivity index (χ4v) is 3.62. The lowest BCUT2D eigenvalue weighted by atomic mass is 10.1. The summed E-state index contributed by atoms with van der Waals surface area (Å²) in [4.78, 5) is 23.2. The first-order chi connectivity index (χ1) is 15.5. The minimum absolute atomic E-state index is 0.0850. The van der Waals surface area contributed by atoms with Crippen molar-refractivity contribution in [2.75, 3.05) is 33.4 Å². The summed E-state index contributed by atoms with van der Waals surface area (Å²) in [6, 6.07) is 9.47. The van der Waals surface area contributed by atoms with Crippen LogP contribution in [-0.4, -0.2) is 64.4 Å². The van der Waals surface area contributed by atoms with Gasteiger partial charge in [-0.15, -0.1) is 0 Å². The molecule has 9 heteroatoms. The molecule has 2 aromatic heterocycles. The normalized spacial score (nSPS) is 16.1. The number of ether oxygens (including phenoxy) is 3. The first kappa shape index (κ1) is 21.8. The fraction of sp³-hybridized carbons (Fsp3) is 0.391. The van der Waals surface area contributed by atoms with Crippen LogP contribution in [0.25, 0.3) is 0 Å². The molecule has 3 heterocycles. The van der Waals surface area contributed by atoms with E-state index < -0.39 is 0 Å². The molecule has 1 N–H and O–H groups in total. The van der Waals surface area contributed by atoms with Gasteiger partial charge >= 0.3 is 0 Å². The van der Waals surface area contributed by atoms with Gasteiger partial charge in [0.05, 0.1) is 43.8 Å². The van der Waals surface area contributed by atoms with Gasteiger partial charge in [0, 0.05) is 30.9 Å². The zero-order valence-electron chi connectivity index (χ0n) is 18.5. The van der Waals surface area contributed by atoms with E-state index in [0.29, 0.717) is 49.8 Å². The average molecular weight is 438 g/mol. The number of aromatic nitrogens is 4. The topological polar surface area (TPSA) is 102 Å². The number of carbonyl (C=O) groups excluding carboxylic acids is 1. The van der Waals surface area contributed by atoms with Crippen LogP contribution in [0.3, 0.4) is 0 Å². The Morgan fingerprint density at radius 3 is 2.94 bits per heavy atom. The summed E-state index contributed by atoms with van der Waals surface area (Å²) in [5.74, 6) is 2.08. The van der Waals surface area contributed by atoms with Gasteiger partial charge in [-0.2, -0.15) is 5.10 Å². The van der Waals surface area contributed by atoms with E-state index >= 15 is 0 Å². The number of nitrogens with zero attached hydrogens (tertiary/aromatic N) is 4. The summed E-state index contributed by atoms with van der Waals surface area (Å²) in [6.07, 6.45) is 1.97. The number of amides is 1. The molecule has 4 rings (SSSR count). The molecule has 0 spiro atoms. The minimum atomic E-state index is -0.288. The molecular weight excluding hydrogens is 410 g/mol. The van der Waals surface area contributed by atoms with Crippen molar-refractivity contribution in [1.82, 2.24) is 25.1 Å². The summed E-state index contributed by atoms with van der Waals surface area (Å²) in [6.45, 7) is 5.53. The molecule has 1 amide bonds. The highest BCUT2D eigenvalue weighted by Crippen LogP contribution is 2.23. The van der Waals surface area contributed by atoms with E-state index in [1.807, 2.05) is 44.2 Å². The quantitative estimate of drug-likeness (QED) is 0.606. The fourth-order valence-electron chi connectivity index (χ4n) is 3.62. The number of rotatable bonds is 7. The van der Waals surface area contributed by atoms with Gasteiger partial charge in [0.25, 0.3) is 5.91 Å². The van der Waals surface area contributed by atoms with Gasteiger partial charge < -0.3 is 19.1 Å². The molecule has 0 aliphatic carbocycles. The maximum atomic E-state index is 13.0. The lowest BCUT2D eigenvalue weighted by molar-refractivity contribution is -0.0248. The number of methoxy groups -OCH3 is 1. The highest BCUT2D eigenvalue weighted by atomic mass is 16.5. The number of H-pyrrole nitrogens is 1. The van der Waals surface area contributed by atoms with Crippen molar-refractivity contribution in [2.24, 2.45) is 0 Å². The lowest BCUT2D eigenvalue weighted by Gasteiger charge is -2.32. The molecule has 0 bridgehead atoms. The standard InChI is InChI=1S/C23H27N5O4/c1-15-20(13-24-16(2)25-15)23(29)28-8-10-32-22(14-28)21-11-17(26-27-21)7-9-31-19-6-4-5-18(12-19)30-3/h4-6,11-13,22H,7-10,14H2,1-3H3,(H,26,27)/t22-/m1/s1. The van der Waals surface area contributed by atoms with Crippen molar-refractivity contribution in [3.63, 3.8) is 0 Å². The molecule has 0 unspecified atom stereocenters. The van der Waals surface area contributed by atoms with Crippen molar-refractivity contribution in [1.29, 1.82) is 0 Å². The smallest absolute Gasteiger partial charge is 0.257 e. The summed E-state index contributed by atoms with van der Waals surface area (Å²) < 4.78 is 16.9. The predicted molar refractivity (Wildman–Crippen MR) is 117 cm³/mol. The minimum Gasteiger partial charge on any atom is -0.497 e. The molecule has 1 fully saturated rings. The number of hydrogen-bond acceptors (Lipinski definition) is 7. The first-order valence-electron chi connectivity index (χ1n) is 10.6. The van der Waals surface area contributed by atoms with Crippen molar-refractivity contribution in [2.45, 2.75) is 26.4 Å². The molecule has 1 aromatic carbocycles. The molecular formula is C23H27N5O4. The van der Waals surface area contributed by atoms with E-state index in [0.717, 1.165) is 22.9 Å². The number of nitrogens with one attached hydrogen (secondary N) is 1. The third kappa shape index (κ3) is 5.05. The van der Waals surface area contributed by atoms with Gasteiger partial charge in [-0.25, -0.2) is 9.97 Å². The van der Waals surface area contributed by atoms with Crippen LogP contribution in [0.4, 0.5) is 0 Å². The number of benzene rings is 1. The Kier molecular flexibility index (Phi) is 6.65. The van der Waals surface area contributed by atoms with Gasteiger partial charge in [0.1, 0.15) is 23.4 Å². The lowest BCUT2D eigenvalue weighted by Crippen LogP contribution is -2.42. The second kappa shape index (κ2) is 9.78. The highest BCUT2D eigenvalue weighted by molar-refractivity contribution is 5.95. The molecule has 1 aliphatic heterocycles. The van der Waals surface area contributed by atoms with Crippen molar-refractivity contribution < 1.29 is 19.0 Å². The highest BCUT2D eigenvalue weighted by Gasteiger charge is 2.28. The third-order valence-corrected chi connectivity index (χ3v) is 5.35. The Morgan fingerprint density at radius 1 is 1.28 bits per heavy atom. The number of hydrogen-bond donors (Lipinski definition) is 1. The van der Waals surface area contributed by atoms with Crippen LogP contribution in [0.15, 0.2) is 36.5 Å². The molecule has 9 nitrogen and oxygen atoms in total. The van der Waals surface area contributed by atoms with E-state index in [4.69, 9.17) is 14.2 Å². The largest absolute Gasteiger partial charge is 0.497 e. The molecule has 0 radical (unpaired) electrons. The van der Waals surface area contributed by atoms with Crippen LogP contribution >= 0.6 is 0 Å². The molecule has 168 valence electrons. The van der Waals surface area contributed by atoms with Crippen molar-refractivity contribution >= 4 is 5.91 Å². The average Bonchev–Trinajstić information content (AvgIpc) is 3.28. The monoisotopic (exact) mass is 437 g/mol. The van der Waals surface area contributed by atoms with Crippen LogP contribution in [0, 0.1) is 13.8 Å². The Balaban J connectivity index is 1.34. The molecule has 1 saturated heterocycles. The van der Waals surface area contributed by atoms with Gasteiger partial charge in [0.15, 0.2) is 0 Å². The Hall–Kier alpha value is -3.46. The van der Waals surface area contributed by atoms with Crippen molar-refractivity contribution in [3.8, 4) is 11.5 Å². The third-order valence-electron chi connectivity index (χ3n) is 5.35. The molecule has 3 aromatic rings. The SMILES string of the molecule is COc1cccc(OCCc2cc([C@H]3CN(C(=O)c4cnc(C)nc4C)CCO3)n[nH]2)c1. The van der Waals surface area contributed by atoms with Crippen LogP contribution in [0.2, 0.25) is 0 Å². The van der Waals surface area contributed by atoms with E-state index in [-0.39, 0.29) is 12.0 Å². The molecule has 0 saturated carbocycles. The summed E-state index contributed by atoms with van der Waals surface area (Å²) in [5, 5.41) is 7.45. The summed E-state index contributed by atoms with van der Waals surface area (Å²) in [7, 11) is 1.63. The van der Waals surface area contributed by atoms with Crippen LogP contribution in [0.5, 0.6) is 11.5 Å². The van der Waals surface area contributed by atoms with Crippen LogP contribution in [0.1, 0.15) is 39.4 Å². The Labute approximate surface area is 186 Å². The van der Waals surface area contributed by atoms with E-state index in [9.17, 15) is 4.79 Å². The van der Waals surface area contributed by atoms with E-state index in [2.05, 4.69) is 20.2 Å². The Morgan fingerprint density at radius 2 is 2.12 bits per heavy atom. The summed E-state index contributed by atoms with van der Waals surface area (Å²) >= 11 is 0. The van der Waals surface area contributed by atoms with Crippen LogP contribution < -0.4 is 9.47 Å². The van der Waals surface area contributed by atoms with E-state index in [1.165, 1.54) is 0 Å². The van der Waals surface area contributed by atoms with Gasteiger partial charge in [-0.3, -0.25) is 9.89 Å². The number of aryl methyl sites for hydroxylation is 2. The van der Waals surface area contributed by atoms with Crippen LogP contribution in [-0.2, 0) is 11.2 Å². The number of aromatic amines is 1. The van der Waals surface area contributed by atoms with Gasteiger partial charge in [-0.05, 0) is 32.0 Å². The second-order valence-corrected chi connectivity index (χ2v) is 7.62. The molecule has 32 heavy (non-hydrogen) atoms. The number of morpholine rings is 1. The van der Waals surface area contributed by atoms with Gasteiger partial charge in [-0.1, -0.05) is 6.07 Å². The van der Waals surface area contributed by atoms with Gasteiger partial charge in [0.2, 0.25) is 0 Å². The molecule has 1 aliphatic rings. The predicted octanol–water partition coefficient (Wildman–Crippen LogP) is 2.66. The maximum absolute atomic E-state index is 13.0. The first-order valence-corrected chi connectivity index (χ1v) is 10.6. The zero-order valence-corrected chi connectivity index (χ0v) is 18.5. The Bertz CT molecular complexity index is 1080. The van der Waals surface area contributed by atoms with Crippen molar-refractivity contribution in [3.05, 3.63) is 65.0 Å². The number of carbonyl (C=O) groups is 1. The second-order valence-electron chi connectivity index (χ2n) is 7.62. The van der Waals surface area contributed by atoms with E-state index in [1.54, 1.807) is 18.2 Å². The zero-order chi connectivity index (χ0) is 22.5. The summed E-state index contributed by atoms with van der Waals surface area (Å²) in [5.41, 5.74) is 2.92.